The van der Waals surface area contributed by atoms with Crippen LogP contribution in [-0.4, -0.2) is 5.91 Å². The van der Waals surface area contributed by atoms with E-state index < -0.39 is 0 Å². The molecule has 66 valence electrons. The molecule has 1 aromatic heterocycles. The summed E-state index contributed by atoms with van der Waals surface area (Å²) in [6.07, 6.45) is 2.11. The van der Waals surface area contributed by atoms with Crippen LogP contribution in [0.1, 0.15) is 32.1 Å². The highest BCUT2D eigenvalue weighted by Gasteiger charge is 2.09. The Labute approximate surface area is 71.8 Å². The molecular weight excluding hydrogens is 154 g/mol. The number of amides is 1. The lowest BCUT2D eigenvalue weighted by molar-refractivity contribution is -0.121. The number of hydrogen-bond donors (Lipinski definition) is 1. The molecule has 1 N–H and O–H groups in total. The van der Waals surface area contributed by atoms with Crippen molar-refractivity contribution in [3.05, 3.63) is 24.2 Å². The number of rotatable bonds is 3. The van der Waals surface area contributed by atoms with Gasteiger partial charge in [-0.3, -0.25) is 4.79 Å². The Hall–Kier alpha value is -1.25. The van der Waals surface area contributed by atoms with E-state index in [2.05, 4.69) is 5.32 Å². The molecule has 0 aromatic carbocycles. The molecule has 1 rings (SSSR count). The fraction of sp³-hybridized carbons (Fsp3) is 0.444. The summed E-state index contributed by atoms with van der Waals surface area (Å²) in [7, 11) is 0. The standard InChI is InChI=1S/C9H13NO2/c1-3-9(11)10-7(2)8-5-4-6-12-8/h4-7H,3H2,1-2H3,(H,10,11)/t7-/m0/s1. The molecule has 0 spiro atoms. The van der Waals surface area contributed by atoms with Gasteiger partial charge in [0.2, 0.25) is 5.91 Å². The van der Waals surface area contributed by atoms with Crippen molar-refractivity contribution in [2.24, 2.45) is 0 Å². The summed E-state index contributed by atoms with van der Waals surface area (Å²) >= 11 is 0. The zero-order valence-corrected chi connectivity index (χ0v) is 7.33. The van der Waals surface area contributed by atoms with E-state index in [9.17, 15) is 4.79 Å². The van der Waals surface area contributed by atoms with E-state index in [0.29, 0.717) is 6.42 Å². The molecule has 0 unspecified atom stereocenters. The first-order valence-electron chi connectivity index (χ1n) is 4.06. The summed E-state index contributed by atoms with van der Waals surface area (Å²) in [5.74, 6) is 0.829. The van der Waals surface area contributed by atoms with E-state index in [1.54, 1.807) is 6.26 Å². The van der Waals surface area contributed by atoms with Crippen LogP contribution in [0.5, 0.6) is 0 Å². The lowest BCUT2D eigenvalue weighted by atomic mass is 10.2. The van der Waals surface area contributed by atoms with Crippen LogP contribution in [0.15, 0.2) is 22.8 Å². The Morgan fingerprint density at radius 1 is 1.75 bits per heavy atom. The molecule has 3 heteroatoms. The molecule has 1 heterocycles. The van der Waals surface area contributed by atoms with Gasteiger partial charge in [-0.2, -0.15) is 0 Å². The van der Waals surface area contributed by atoms with Crippen LogP contribution in [-0.2, 0) is 4.79 Å². The second kappa shape index (κ2) is 3.95. The summed E-state index contributed by atoms with van der Waals surface area (Å²) in [4.78, 5) is 11.0. The number of carbonyl (C=O) groups excluding carboxylic acids is 1. The van der Waals surface area contributed by atoms with Gasteiger partial charge >= 0.3 is 0 Å². The maximum atomic E-state index is 11.0. The second-order valence-corrected chi connectivity index (χ2v) is 2.66. The zero-order chi connectivity index (χ0) is 8.97. The van der Waals surface area contributed by atoms with Gasteiger partial charge in [0.1, 0.15) is 5.76 Å². The molecule has 12 heavy (non-hydrogen) atoms. The van der Waals surface area contributed by atoms with Crippen molar-refractivity contribution < 1.29 is 9.21 Å². The van der Waals surface area contributed by atoms with Crippen molar-refractivity contribution in [2.45, 2.75) is 26.3 Å². The molecule has 0 radical (unpaired) electrons. The Bertz CT molecular complexity index is 241. The molecule has 1 atom stereocenters. The molecule has 1 amide bonds. The van der Waals surface area contributed by atoms with Crippen LogP contribution in [0.25, 0.3) is 0 Å². The highest BCUT2D eigenvalue weighted by Crippen LogP contribution is 2.11. The van der Waals surface area contributed by atoms with Crippen molar-refractivity contribution in [1.29, 1.82) is 0 Å². The predicted molar refractivity (Wildman–Crippen MR) is 45.6 cm³/mol. The van der Waals surface area contributed by atoms with E-state index in [1.807, 2.05) is 26.0 Å². The average molecular weight is 167 g/mol. The van der Waals surface area contributed by atoms with Crippen LogP contribution in [0.4, 0.5) is 0 Å². The zero-order valence-electron chi connectivity index (χ0n) is 7.33. The van der Waals surface area contributed by atoms with Crippen molar-refractivity contribution in [3.63, 3.8) is 0 Å². The van der Waals surface area contributed by atoms with Gasteiger partial charge in [0.25, 0.3) is 0 Å². The van der Waals surface area contributed by atoms with Crippen molar-refractivity contribution in [3.8, 4) is 0 Å². The summed E-state index contributed by atoms with van der Waals surface area (Å²) in [6.45, 7) is 3.72. The number of hydrogen-bond acceptors (Lipinski definition) is 2. The summed E-state index contributed by atoms with van der Waals surface area (Å²) in [5, 5.41) is 2.80. The maximum absolute atomic E-state index is 11.0. The van der Waals surface area contributed by atoms with E-state index in [0.717, 1.165) is 5.76 Å². The first-order valence-corrected chi connectivity index (χ1v) is 4.06. The van der Waals surface area contributed by atoms with E-state index in [4.69, 9.17) is 4.42 Å². The predicted octanol–water partition coefficient (Wildman–Crippen LogP) is 1.87. The van der Waals surface area contributed by atoms with Gasteiger partial charge in [0, 0.05) is 6.42 Å². The molecule has 0 aliphatic rings. The Morgan fingerprint density at radius 3 is 3.00 bits per heavy atom. The van der Waals surface area contributed by atoms with Gasteiger partial charge < -0.3 is 9.73 Å². The summed E-state index contributed by atoms with van der Waals surface area (Å²) in [6, 6.07) is 3.62. The minimum absolute atomic E-state index is 0.0348. The van der Waals surface area contributed by atoms with E-state index in [-0.39, 0.29) is 11.9 Å². The topological polar surface area (TPSA) is 42.2 Å². The molecule has 0 saturated carbocycles. The minimum Gasteiger partial charge on any atom is -0.467 e. The molecule has 0 saturated heterocycles. The van der Waals surface area contributed by atoms with Gasteiger partial charge in [-0.1, -0.05) is 6.92 Å². The third-order valence-electron chi connectivity index (χ3n) is 1.67. The number of nitrogens with one attached hydrogen (secondary N) is 1. The Balaban J connectivity index is 2.49. The van der Waals surface area contributed by atoms with Crippen molar-refractivity contribution in [1.82, 2.24) is 5.32 Å². The normalized spacial score (nSPS) is 12.5. The fourth-order valence-corrected chi connectivity index (χ4v) is 0.952. The van der Waals surface area contributed by atoms with E-state index in [1.165, 1.54) is 0 Å². The monoisotopic (exact) mass is 167 g/mol. The fourth-order valence-electron chi connectivity index (χ4n) is 0.952. The van der Waals surface area contributed by atoms with Gasteiger partial charge in [0.15, 0.2) is 0 Å². The van der Waals surface area contributed by atoms with Crippen LogP contribution < -0.4 is 5.32 Å². The molecule has 0 fully saturated rings. The first-order chi connectivity index (χ1) is 5.74. The first kappa shape index (κ1) is 8.84. The highest BCUT2D eigenvalue weighted by atomic mass is 16.3. The molecule has 0 aliphatic heterocycles. The molecule has 0 bridgehead atoms. The van der Waals surface area contributed by atoms with Crippen LogP contribution in [0, 0.1) is 0 Å². The molecule has 3 nitrogen and oxygen atoms in total. The lowest BCUT2D eigenvalue weighted by Crippen LogP contribution is -2.25. The quantitative estimate of drug-likeness (QED) is 0.746. The van der Waals surface area contributed by atoms with Crippen molar-refractivity contribution in [2.75, 3.05) is 0 Å². The number of carbonyl (C=O) groups is 1. The molecular formula is C9H13NO2. The Kier molecular flexibility index (Phi) is 2.91. The summed E-state index contributed by atoms with van der Waals surface area (Å²) in [5.41, 5.74) is 0. The van der Waals surface area contributed by atoms with Crippen LogP contribution in [0.2, 0.25) is 0 Å². The third kappa shape index (κ3) is 2.12. The Morgan fingerprint density at radius 2 is 2.50 bits per heavy atom. The summed E-state index contributed by atoms with van der Waals surface area (Å²) < 4.78 is 5.13. The number of furan rings is 1. The molecule has 0 aliphatic carbocycles. The van der Waals surface area contributed by atoms with Gasteiger partial charge in [-0.15, -0.1) is 0 Å². The molecule has 1 aromatic rings. The van der Waals surface area contributed by atoms with Gasteiger partial charge in [-0.25, -0.2) is 0 Å². The lowest BCUT2D eigenvalue weighted by Gasteiger charge is -2.09. The van der Waals surface area contributed by atoms with Crippen LogP contribution in [0.3, 0.4) is 0 Å². The minimum atomic E-state index is -0.0348. The highest BCUT2D eigenvalue weighted by molar-refractivity contribution is 5.75. The smallest absolute Gasteiger partial charge is 0.220 e. The van der Waals surface area contributed by atoms with Gasteiger partial charge in [0.05, 0.1) is 12.3 Å². The SMILES string of the molecule is CCC(=O)N[C@@H](C)c1ccco1. The van der Waals surface area contributed by atoms with Crippen LogP contribution >= 0.6 is 0 Å². The maximum Gasteiger partial charge on any atom is 0.220 e. The van der Waals surface area contributed by atoms with E-state index >= 15 is 0 Å². The average Bonchev–Trinajstić information content (AvgIpc) is 2.56. The second-order valence-electron chi connectivity index (χ2n) is 2.66. The third-order valence-corrected chi connectivity index (χ3v) is 1.67. The van der Waals surface area contributed by atoms with Crippen molar-refractivity contribution >= 4 is 5.91 Å². The van der Waals surface area contributed by atoms with Gasteiger partial charge in [-0.05, 0) is 19.1 Å². The largest absolute Gasteiger partial charge is 0.467 e.